The Morgan fingerprint density at radius 3 is 2.80 bits per heavy atom. The molecule has 0 saturated heterocycles. The van der Waals surface area contributed by atoms with Crippen molar-refractivity contribution < 1.29 is 9.53 Å². The molecule has 78 valence electrons. The highest BCUT2D eigenvalue weighted by molar-refractivity contribution is 8.00. The molecule has 0 aromatic heterocycles. The first kappa shape index (κ1) is 10.3. The van der Waals surface area contributed by atoms with Gasteiger partial charge in [0.15, 0.2) is 5.76 Å². The lowest BCUT2D eigenvalue weighted by atomic mass is 10.3. The van der Waals surface area contributed by atoms with E-state index in [0.717, 1.165) is 11.3 Å². The van der Waals surface area contributed by atoms with Gasteiger partial charge in [0.2, 0.25) is 5.78 Å². The number of hydrogen-bond donors (Lipinski definition) is 0. The van der Waals surface area contributed by atoms with Gasteiger partial charge in [-0.3, -0.25) is 4.79 Å². The van der Waals surface area contributed by atoms with Gasteiger partial charge in [0.05, 0.1) is 12.4 Å². The molecule has 0 amide bonds. The molecule has 0 spiro atoms. The molecule has 0 aliphatic carbocycles. The second kappa shape index (κ2) is 5.03. The second-order valence-electron chi connectivity index (χ2n) is 3.23. The molecule has 3 heteroatoms. The smallest absolute Gasteiger partial charge is 0.207 e. The number of allylic oxidation sites excluding steroid dienone is 1. The summed E-state index contributed by atoms with van der Waals surface area (Å²) in [7, 11) is 0. The van der Waals surface area contributed by atoms with Crippen LogP contribution in [0.3, 0.4) is 0 Å². The molecule has 0 saturated carbocycles. The molecule has 0 atom stereocenters. The summed E-state index contributed by atoms with van der Waals surface area (Å²) in [5, 5.41) is 0. The SMILES string of the molecule is O=C(CSc1ccccc1)C1=CCCO1. The lowest BCUT2D eigenvalue weighted by Crippen LogP contribution is -2.05. The number of benzene rings is 1. The van der Waals surface area contributed by atoms with E-state index in [0.29, 0.717) is 18.1 Å². The van der Waals surface area contributed by atoms with Crippen molar-refractivity contribution in [2.24, 2.45) is 0 Å². The summed E-state index contributed by atoms with van der Waals surface area (Å²) >= 11 is 1.54. The number of thioether (sulfide) groups is 1. The fourth-order valence-electron chi connectivity index (χ4n) is 1.35. The van der Waals surface area contributed by atoms with Crippen LogP contribution in [0.5, 0.6) is 0 Å². The van der Waals surface area contributed by atoms with Gasteiger partial charge in [0.1, 0.15) is 0 Å². The molecule has 2 rings (SSSR count). The predicted molar refractivity (Wildman–Crippen MR) is 60.8 cm³/mol. The molecule has 0 radical (unpaired) electrons. The Kier molecular flexibility index (Phi) is 3.45. The molecular formula is C12H12O2S. The summed E-state index contributed by atoms with van der Waals surface area (Å²) in [6, 6.07) is 9.91. The normalized spacial score (nSPS) is 14.5. The number of ketones is 1. The lowest BCUT2D eigenvalue weighted by Gasteiger charge is -2.02. The van der Waals surface area contributed by atoms with Gasteiger partial charge in [-0.2, -0.15) is 0 Å². The molecule has 1 aliphatic rings. The first-order valence-electron chi connectivity index (χ1n) is 4.90. The third kappa shape index (κ3) is 2.86. The van der Waals surface area contributed by atoms with Crippen molar-refractivity contribution >= 4 is 17.5 Å². The summed E-state index contributed by atoms with van der Waals surface area (Å²) in [5.41, 5.74) is 0. The zero-order valence-corrected chi connectivity index (χ0v) is 9.13. The third-order valence-corrected chi connectivity index (χ3v) is 3.11. The summed E-state index contributed by atoms with van der Waals surface area (Å²) in [6.07, 6.45) is 2.73. The van der Waals surface area contributed by atoms with Crippen molar-refractivity contribution in [2.45, 2.75) is 11.3 Å². The molecule has 0 bridgehead atoms. The van der Waals surface area contributed by atoms with E-state index < -0.39 is 0 Å². The van der Waals surface area contributed by atoms with Crippen LogP contribution in [0.4, 0.5) is 0 Å². The van der Waals surface area contributed by atoms with E-state index in [2.05, 4.69) is 0 Å². The van der Waals surface area contributed by atoms with Crippen LogP contribution in [0.15, 0.2) is 47.1 Å². The van der Waals surface area contributed by atoms with Crippen molar-refractivity contribution in [1.29, 1.82) is 0 Å². The van der Waals surface area contributed by atoms with Crippen molar-refractivity contribution in [3.8, 4) is 0 Å². The van der Waals surface area contributed by atoms with Crippen LogP contribution < -0.4 is 0 Å². The maximum atomic E-state index is 11.6. The third-order valence-electron chi connectivity index (χ3n) is 2.09. The Hall–Kier alpha value is -1.22. The molecule has 1 heterocycles. The summed E-state index contributed by atoms with van der Waals surface area (Å²) < 4.78 is 5.20. The van der Waals surface area contributed by atoms with E-state index in [4.69, 9.17) is 4.74 Å². The number of Topliss-reactive ketones (excluding diaryl/α,β-unsaturated/α-hetero) is 1. The average Bonchev–Trinajstić information content (AvgIpc) is 2.81. The van der Waals surface area contributed by atoms with E-state index in [1.807, 2.05) is 36.4 Å². The van der Waals surface area contributed by atoms with Crippen molar-refractivity contribution in [3.63, 3.8) is 0 Å². The summed E-state index contributed by atoms with van der Waals surface area (Å²) in [4.78, 5) is 12.7. The minimum absolute atomic E-state index is 0.0846. The maximum Gasteiger partial charge on any atom is 0.207 e. The molecule has 1 aromatic carbocycles. The van der Waals surface area contributed by atoms with Crippen molar-refractivity contribution in [2.75, 3.05) is 12.4 Å². The van der Waals surface area contributed by atoms with E-state index >= 15 is 0 Å². The molecule has 15 heavy (non-hydrogen) atoms. The first-order chi connectivity index (χ1) is 7.36. The monoisotopic (exact) mass is 220 g/mol. The molecular weight excluding hydrogens is 208 g/mol. The zero-order chi connectivity index (χ0) is 10.5. The topological polar surface area (TPSA) is 26.3 Å². The Balaban J connectivity index is 1.86. The van der Waals surface area contributed by atoms with Crippen LogP contribution in [0.25, 0.3) is 0 Å². The zero-order valence-electron chi connectivity index (χ0n) is 8.31. The van der Waals surface area contributed by atoms with Gasteiger partial charge in [0, 0.05) is 11.3 Å². The first-order valence-corrected chi connectivity index (χ1v) is 5.89. The van der Waals surface area contributed by atoms with Crippen LogP contribution in [0, 0.1) is 0 Å². The van der Waals surface area contributed by atoms with Crippen LogP contribution >= 0.6 is 11.8 Å². The highest BCUT2D eigenvalue weighted by Gasteiger charge is 2.14. The van der Waals surface area contributed by atoms with Crippen LogP contribution in [-0.2, 0) is 9.53 Å². The maximum absolute atomic E-state index is 11.6. The molecule has 2 nitrogen and oxygen atoms in total. The van der Waals surface area contributed by atoms with E-state index in [-0.39, 0.29) is 5.78 Å². The Morgan fingerprint density at radius 2 is 2.13 bits per heavy atom. The van der Waals surface area contributed by atoms with Crippen molar-refractivity contribution in [3.05, 3.63) is 42.2 Å². The number of hydrogen-bond acceptors (Lipinski definition) is 3. The fraction of sp³-hybridized carbons (Fsp3) is 0.250. The van der Waals surface area contributed by atoms with Gasteiger partial charge >= 0.3 is 0 Å². The molecule has 0 fully saturated rings. The number of ether oxygens (including phenoxy) is 1. The molecule has 1 aliphatic heterocycles. The predicted octanol–water partition coefficient (Wildman–Crippen LogP) is 2.65. The Labute approximate surface area is 93.3 Å². The van der Waals surface area contributed by atoms with E-state index in [1.165, 1.54) is 0 Å². The van der Waals surface area contributed by atoms with Gasteiger partial charge in [-0.25, -0.2) is 0 Å². The number of carbonyl (C=O) groups excluding carboxylic acids is 1. The number of rotatable bonds is 4. The van der Waals surface area contributed by atoms with Gasteiger partial charge in [-0.05, 0) is 18.2 Å². The standard InChI is InChI=1S/C12H12O2S/c13-11(12-7-4-8-14-12)9-15-10-5-2-1-3-6-10/h1-3,5-7H,4,8-9H2. The van der Waals surface area contributed by atoms with Crippen LogP contribution in [-0.4, -0.2) is 18.1 Å². The summed E-state index contributed by atoms with van der Waals surface area (Å²) in [5.74, 6) is 1.08. The Bertz CT molecular complexity index is 370. The van der Waals surface area contributed by atoms with Crippen LogP contribution in [0.1, 0.15) is 6.42 Å². The second-order valence-corrected chi connectivity index (χ2v) is 4.28. The highest BCUT2D eigenvalue weighted by Crippen LogP contribution is 2.19. The summed E-state index contributed by atoms with van der Waals surface area (Å²) in [6.45, 7) is 0.650. The minimum atomic E-state index is 0.0846. The molecule has 0 unspecified atom stereocenters. The minimum Gasteiger partial charge on any atom is -0.490 e. The molecule has 0 N–H and O–H groups in total. The van der Waals surface area contributed by atoms with Gasteiger partial charge in [-0.15, -0.1) is 11.8 Å². The van der Waals surface area contributed by atoms with Gasteiger partial charge in [-0.1, -0.05) is 18.2 Å². The average molecular weight is 220 g/mol. The van der Waals surface area contributed by atoms with Gasteiger partial charge < -0.3 is 4.74 Å². The van der Waals surface area contributed by atoms with Gasteiger partial charge in [0.25, 0.3) is 0 Å². The largest absolute Gasteiger partial charge is 0.490 e. The Morgan fingerprint density at radius 1 is 1.33 bits per heavy atom. The van der Waals surface area contributed by atoms with Crippen LogP contribution in [0.2, 0.25) is 0 Å². The number of carbonyl (C=O) groups is 1. The van der Waals surface area contributed by atoms with E-state index in [1.54, 1.807) is 11.8 Å². The quantitative estimate of drug-likeness (QED) is 0.730. The highest BCUT2D eigenvalue weighted by atomic mass is 32.2. The van der Waals surface area contributed by atoms with E-state index in [9.17, 15) is 4.79 Å². The molecule has 1 aromatic rings. The lowest BCUT2D eigenvalue weighted by molar-refractivity contribution is -0.116. The fourth-order valence-corrected chi connectivity index (χ4v) is 2.14. The van der Waals surface area contributed by atoms with Crippen molar-refractivity contribution in [1.82, 2.24) is 0 Å².